The number of benzene rings is 1. The van der Waals surface area contributed by atoms with Crippen molar-refractivity contribution in [1.29, 1.82) is 0 Å². The Morgan fingerprint density at radius 3 is 2.69 bits per heavy atom. The van der Waals surface area contributed by atoms with Crippen molar-refractivity contribution in [3.63, 3.8) is 0 Å². The van der Waals surface area contributed by atoms with E-state index in [2.05, 4.69) is 16.0 Å². The average molecular weight is 353 g/mol. The quantitative estimate of drug-likeness (QED) is 0.747. The zero-order valence-corrected chi connectivity index (χ0v) is 14.8. The number of carbonyl (C=O) groups excluding carboxylic acids is 1. The number of aromatic amines is 1. The third kappa shape index (κ3) is 2.74. The number of piperidine rings is 1. The number of nitrogens with one attached hydrogen (secondary N) is 1. The summed E-state index contributed by atoms with van der Waals surface area (Å²) in [6.07, 6.45) is 5.76. The first kappa shape index (κ1) is 16.7. The molecule has 3 heterocycles. The first-order chi connectivity index (χ1) is 12.6. The number of rotatable bonds is 4. The lowest BCUT2D eigenvalue weighted by Gasteiger charge is -2.32. The summed E-state index contributed by atoms with van der Waals surface area (Å²) in [4.78, 5) is 30.2. The van der Waals surface area contributed by atoms with E-state index in [1.807, 2.05) is 30.2 Å². The molecule has 0 atom stereocenters. The topological polar surface area (TPSA) is 89.1 Å². The van der Waals surface area contributed by atoms with Crippen LogP contribution in [0.3, 0.4) is 0 Å². The van der Waals surface area contributed by atoms with E-state index in [1.165, 1.54) is 5.56 Å². The number of carbonyl (C=O) groups is 1. The number of aryl methyl sites for hydroxylation is 1. The molecule has 0 saturated carbocycles. The van der Waals surface area contributed by atoms with Gasteiger partial charge in [0.1, 0.15) is 0 Å². The number of nitrogens with zero attached hydrogens (tertiary/aromatic N) is 3. The lowest BCUT2D eigenvalue weighted by Crippen LogP contribution is -2.38. The number of primary amides is 1. The molecule has 7 nitrogen and oxygen atoms in total. The highest BCUT2D eigenvalue weighted by atomic mass is 16.1. The summed E-state index contributed by atoms with van der Waals surface area (Å²) >= 11 is 0. The molecule has 1 aromatic carbocycles. The molecule has 0 bridgehead atoms. The van der Waals surface area contributed by atoms with Crippen LogP contribution in [-0.4, -0.2) is 38.2 Å². The molecule has 7 heteroatoms. The first-order valence-corrected chi connectivity index (χ1v) is 8.90. The standard InChI is InChI=1S/C19H23N5O2/c1-22-16-4-2-3-15(18(20)25)17(16)19(26)24(22)14-6-9-23(10-7-14)12-13-5-8-21-11-13/h2-5,8,11,14,21H,6-7,9-10,12H2,1H3,(H2,20,25). The maximum absolute atomic E-state index is 13.0. The van der Waals surface area contributed by atoms with Gasteiger partial charge in [-0.1, -0.05) is 6.07 Å². The number of aromatic nitrogens is 3. The predicted molar refractivity (Wildman–Crippen MR) is 100 cm³/mol. The molecular formula is C19H23N5O2. The Kier molecular flexibility index (Phi) is 4.16. The Bertz CT molecular complexity index is 991. The van der Waals surface area contributed by atoms with Gasteiger partial charge in [-0.2, -0.15) is 0 Å². The van der Waals surface area contributed by atoms with Crippen molar-refractivity contribution in [2.75, 3.05) is 13.1 Å². The molecule has 3 aromatic rings. The number of nitrogens with two attached hydrogens (primary N) is 1. The summed E-state index contributed by atoms with van der Waals surface area (Å²) in [5.74, 6) is -0.563. The van der Waals surface area contributed by atoms with E-state index in [4.69, 9.17) is 5.73 Å². The molecule has 1 fully saturated rings. The number of fused-ring (bicyclic) bond motifs is 1. The van der Waals surface area contributed by atoms with E-state index in [0.29, 0.717) is 10.9 Å². The lowest BCUT2D eigenvalue weighted by atomic mass is 10.0. The van der Waals surface area contributed by atoms with Crippen molar-refractivity contribution >= 4 is 16.8 Å². The highest BCUT2D eigenvalue weighted by Crippen LogP contribution is 2.25. The molecule has 3 N–H and O–H groups in total. The van der Waals surface area contributed by atoms with Gasteiger partial charge >= 0.3 is 0 Å². The zero-order valence-electron chi connectivity index (χ0n) is 14.8. The molecule has 1 aliphatic rings. The van der Waals surface area contributed by atoms with Gasteiger partial charge in [0.15, 0.2) is 0 Å². The molecule has 26 heavy (non-hydrogen) atoms. The Morgan fingerprint density at radius 2 is 2.04 bits per heavy atom. The molecule has 1 amide bonds. The zero-order chi connectivity index (χ0) is 18.3. The third-order valence-corrected chi connectivity index (χ3v) is 5.37. The monoisotopic (exact) mass is 353 g/mol. The van der Waals surface area contributed by atoms with Crippen molar-refractivity contribution in [2.45, 2.75) is 25.4 Å². The van der Waals surface area contributed by atoms with Gasteiger partial charge in [-0.15, -0.1) is 0 Å². The van der Waals surface area contributed by atoms with Gasteiger partial charge in [0.2, 0.25) is 5.91 Å². The second-order valence-corrected chi connectivity index (χ2v) is 6.96. The minimum Gasteiger partial charge on any atom is -0.367 e. The lowest BCUT2D eigenvalue weighted by molar-refractivity contribution is 0.100. The fraction of sp³-hybridized carbons (Fsp3) is 0.368. The van der Waals surface area contributed by atoms with E-state index in [1.54, 1.807) is 16.8 Å². The Hall–Kier alpha value is -2.80. The number of H-pyrrole nitrogens is 1. The van der Waals surface area contributed by atoms with Gasteiger partial charge in [0, 0.05) is 39.1 Å². The second-order valence-electron chi connectivity index (χ2n) is 6.96. The summed E-state index contributed by atoms with van der Waals surface area (Å²) in [6, 6.07) is 7.47. The Morgan fingerprint density at radius 1 is 1.27 bits per heavy atom. The van der Waals surface area contributed by atoms with Crippen molar-refractivity contribution in [2.24, 2.45) is 12.8 Å². The number of hydrogen-bond acceptors (Lipinski definition) is 3. The Balaban J connectivity index is 1.61. The summed E-state index contributed by atoms with van der Waals surface area (Å²) in [6.45, 7) is 2.80. The SMILES string of the molecule is Cn1c2cccc(C(N)=O)c2c(=O)n1C1CCN(Cc2cc[nH]c2)CC1. The average Bonchev–Trinajstić information content (AvgIpc) is 3.23. The van der Waals surface area contributed by atoms with E-state index in [9.17, 15) is 9.59 Å². The van der Waals surface area contributed by atoms with Gasteiger partial charge in [0.05, 0.1) is 22.5 Å². The van der Waals surface area contributed by atoms with Crippen molar-refractivity contribution in [3.05, 3.63) is 58.1 Å². The third-order valence-electron chi connectivity index (χ3n) is 5.37. The second kappa shape index (κ2) is 6.49. The molecule has 0 aliphatic carbocycles. The normalized spacial score (nSPS) is 16.3. The van der Waals surface area contributed by atoms with Gasteiger partial charge in [0.25, 0.3) is 5.56 Å². The van der Waals surface area contributed by atoms with Gasteiger partial charge in [-0.25, -0.2) is 4.68 Å². The molecule has 4 rings (SSSR count). The molecule has 0 unspecified atom stereocenters. The van der Waals surface area contributed by atoms with E-state index in [0.717, 1.165) is 38.0 Å². The summed E-state index contributed by atoms with van der Waals surface area (Å²) < 4.78 is 3.67. The highest BCUT2D eigenvalue weighted by molar-refractivity contribution is 6.05. The molecule has 1 saturated heterocycles. The van der Waals surface area contributed by atoms with E-state index in [-0.39, 0.29) is 11.6 Å². The molecule has 0 spiro atoms. The largest absolute Gasteiger partial charge is 0.367 e. The predicted octanol–water partition coefficient (Wildman–Crippen LogP) is 1.60. The molecule has 2 aromatic heterocycles. The van der Waals surface area contributed by atoms with Gasteiger partial charge in [-0.05, 0) is 36.6 Å². The number of amides is 1. The molecule has 0 radical (unpaired) electrons. The number of hydrogen-bond donors (Lipinski definition) is 2. The molecular weight excluding hydrogens is 330 g/mol. The van der Waals surface area contributed by atoms with Crippen LogP contribution in [0.25, 0.3) is 10.9 Å². The van der Waals surface area contributed by atoms with Gasteiger partial charge < -0.3 is 10.7 Å². The maximum atomic E-state index is 13.0. The van der Waals surface area contributed by atoms with E-state index >= 15 is 0 Å². The molecule has 136 valence electrons. The molecule has 1 aliphatic heterocycles. The number of likely N-dealkylation sites (tertiary alicyclic amines) is 1. The highest BCUT2D eigenvalue weighted by Gasteiger charge is 2.26. The van der Waals surface area contributed by atoms with Crippen LogP contribution in [0.2, 0.25) is 0 Å². The van der Waals surface area contributed by atoms with Crippen LogP contribution < -0.4 is 11.3 Å². The summed E-state index contributed by atoms with van der Waals surface area (Å²) in [5, 5.41) is 0.428. The van der Waals surface area contributed by atoms with Gasteiger partial charge in [-0.3, -0.25) is 19.2 Å². The van der Waals surface area contributed by atoms with Crippen LogP contribution in [0.15, 0.2) is 41.5 Å². The minimum absolute atomic E-state index is 0.124. The summed E-state index contributed by atoms with van der Waals surface area (Å²) in [5.41, 5.74) is 7.66. The van der Waals surface area contributed by atoms with Crippen molar-refractivity contribution < 1.29 is 4.79 Å². The fourth-order valence-corrected chi connectivity index (χ4v) is 4.05. The van der Waals surface area contributed by atoms with Crippen LogP contribution in [0, 0.1) is 0 Å². The van der Waals surface area contributed by atoms with Crippen LogP contribution in [0.1, 0.15) is 34.8 Å². The van der Waals surface area contributed by atoms with Crippen LogP contribution in [0.4, 0.5) is 0 Å². The van der Waals surface area contributed by atoms with Crippen LogP contribution in [0.5, 0.6) is 0 Å². The summed E-state index contributed by atoms with van der Waals surface area (Å²) in [7, 11) is 1.88. The fourth-order valence-electron chi connectivity index (χ4n) is 4.05. The van der Waals surface area contributed by atoms with E-state index < -0.39 is 5.91 Å². The van der Waals surface area contributed by atoms with Crippen molar-refractivity contribution in [1.82, 2.24) is 19.2 Å². The first-order valence-electron chi connectivity index (χ1n) is 8.90. The maximum Gasteiger partial charge on any atom is 0.275 e. The smallest absolute Gasteiger partial charge is 0.275 e. The van der Waals surface area contributed by atoms with Crippen LogP contribution >= 0.6 is 0 Å². The van der Waals surface area contributed by atoms with Crippen LogP contribution in [-0.2, 0) is 13.6 Å². The van der Waals surface area contributed by atoms with Crippen molar-refractivity contribution in [3.8, 4) is 0 Å². The minimum atomic E-state index is -0.563. The Labute approximate surface area is 151 Å².